The molecule has 0 unspecified atom stereocenters. The molecule has 5 nitrogen and oxygen atoms in total. The smallest absolute Gasteiger partial charge is 0.254 e. The third-order valence-corrected chi connectivity index (χ3v) is 3.67. The zero-order chi connectivity index (χ0) is 15.9. The van der Waals surface area contributed by atoms with Gasteiger partial charge in [-0.3, -0.25) is 4.79 Å². The minimum absolute atomic E-state index is 0.0663. The first kappa shape index (κ1) is 16.2. The van der Waals surface area contributed by atoms with E-state index in [1.807, 2.05) is 31.2 Å². The Morgan fingerprint density at radius 3 is 2.59 bits per heavy atom. The number of amides is 1. The largest absolute Gasteiger partial charge is 0.395 e. The zero-order valence-electron chi connectivity index (χ0n) is 13.2. The highest BCUT2D eigenvalue weighted by Gasteiger charge is 2.17. The molecule has 0 aliphatic heterocycles. The molecule has 2 N–H and O–H groups in total. The molecule has 1 aromatic heterocycles. The van der Waals surface area contributed by atoms with Crippen molar-refractivity contribution in [2.24, 2.45) is 0 Å². The van der Waals surface area contributed by atoms with Gasteiger partial charge in [-0.1, -0.05) is 25.5 Å². The molecule has 1 amide bonds. The Balaban J connectivity index is 2.13. The van der Waals surface area contributed by atoms with E-state index < -0.39 is 0 Å². The number of benzene rings is 1. The van der Waals surface area contributed by atoms with Crippen LogP contribution in [0.15, 0.2) is 30.6 Å². The van der Waals surface area contributed by atoms with Gasteiger partial charge in [-0.25, -0.2) is 4.98 Å². The molecule has 0 radical (unpaired) electrons. The Bertz CT molecular complexity index is 605. The molecule has 22 heavy (non-hydrogen) atoms. The molecule has 0 aliphatic carbocycles. The maximum atomic E-state index is 12.6. The van der Waals surface area contributed by atoms with E-state index in [1.165, 1.54) is 5.56 Å². The average molecular weight is 301 g/mol. The molecule has 5 heteroatoms. The van der Waals surface area contributed by atoms with Crippen molar-refractivity contribution in [2.75, 3.05) is 13.2 Å². The molecule has 1 aromatic carbocycles. The molecule has 0 aliphatic rings. The summed E-state index contributed by atoms with van der Waals surface area (Å²) in [5.41, 5.74) is 3.64. The van der Waals surface area contributed by atoms with Gasteiger partial charge in [0.1, 0.15) is 0 Å². The fourth-order valence-corrected chi connectivity index (χ4v) is 2.39. The highest BCUT2D eigenvalue weighted by molar-refractivity contribution is 5.94. The number of aliphatic hydroxyl groups excluding tert-OH is 1. The Labute approximate surface area is 131 Å². The number of aryl methyl sites for hydroxylation is 2. The SMILES string of the molecule is CCCc1ccc(C(=O)N(CCO)Cc2nc[nH]c2C)cc1. The molecular formula is C17H23N3O2. The molecule has 118 valence electrons. The summed E-state index contributed by atoms with van der Waals surface area (Å²) in [7, 11) is 0. The molecular weight excluding hydrogens is 278 g/mol. The number of aliphatic hydroxyl groups is 1. The van der Waals surface area contributed by atoms with Crippen molar-refractivity contribution in [1.29, 1.82) is 0 Å². The molecule has 0 atom stereocenters. The number of hydrogen-bond acceptors (Lipinski definition) is 3. The predicted octanol–water partition coefficient (Wildman–Crippen LogP) is 2.31. The van der Waals surface area contributed by atoms with Crippen LogP contribution < -0.4 is 0 Å². The lowest BCUT2D eigenvalue weighted by atomic mass is 10.1. The minimum Gasteiger partial charge on any atom is -0.395 e. The number of nitrogens with one attached hydrogen (secondary N) is 1. The lowest BCUT2D eigenvalue weighted by Crippen LogP contribution is -2.33. The molecule has 2 rings (SSSR count). The van der Waals surface area contributed by atoms with Crippen molar-refractivity contribution in [3.63, 3.8) is 0 Å². The summed E-state index contributed by atoms with van der Waals surface area (Å²) in [6.07, 6.45) is 3.72. The molecule has 0 bridgehead atoms. The van der Waals surface area contributed by atoms with Crippen molar-refractivity contribution in [3.8, 4) is 0 Å². The van der Waals surface area contributed by atoms with Gasteiger partial charge in [0.2, 0.25) is 0 Å². The van der Waals surface area contributed by atoms with Crippen LogP contribution in [0, 0.1) is 6.92 Å². The lowest BCUT2D eigenvalue weighted by molar-refractivity contribution is 0.0705. The highest BCUT2D eigenvalue weighted by Crippen LogP contribution is 2.12. The molecule has 1 heterocycles. The number of aromatic amines is 1. The second kappa shape index (κ2) is 7.75. The Morgan fingerprint density at radius 1 is 1.32 bits per heavy atom. The van der Waals surface area contributed by atoms with Gasteiger partial charge in [0.15, 0.2) is 0 Å². The van der Waals surface area contributed by atoms with Gasteiger partial charge < -0.3 is 15.0 Å². The zero-order valence-corrected chi connectivity index (χ0v) is 13.2. The van der Waals surface area contributed by atoms with Gasteiger partial charge in [-0.05, 0) is 31.0 Å². The van der Waals surface area contributed by atoms with Crippen LogP contribution in [0.4, 0.5) is 0 Å². The third-order valence-electron chi connectivity index (χ3n) is 3.67. The van der Waals surface area contributed by atoms with Gasteiger partial charge in [0, 0.05) is 17.8 Å². The minimum atomic E-state index is -0.0838. The summed E-state index contributed by atoms with van der Waals surface area (Å²) in [4.78, 5) is 21.5. The van der Waals surface area contributed by atoms with Gasteiger partial charge in [0.05, 0.1) is 25.2 Å². The maximum absolute atomic E-state index is 12.6. The quantitative estimate of drug-likeness (QED) is 0.824. The summed E-state index contributed by atoms with van der Waals surface area (Å²) < 4.78 is 0. The van der Waals surface area contributed by atoms with E-state index in [2.05, 4.69) is 16.9 Å². The van der Waals surface area contributed by atoms with Crippen LogP contribution in [-0.4, -0.2) is 39.0 Å². The van der Waals surface area contributed by atoms with Crippen LogP contribution in [0.5, 0.6) is 0 Å². The maximum Gasteiger partial charge on any atom is 0.254 e. The number of H-pyrrole nitrogens is 1. The number of aromatic nitrogens is 2. The number of imidazole rings is 1. The van der Waals surface area contributed by atoms with Crippen molar-refractivity contribution in [1.82, 2.24) is 14.9 Å². The van der Waals surface area contributed by atoms with Crippen molar-refractivity contribution in [3.05, 3.63) is 53.1 Å². The number of carbonyl (C=O) groups is 1. The first-order chi connectivity index (χ1) is 10.7. The molecule has 0 saturated heterocycles. The second-order valence-electron chi connectivity index (χ2n) is 5.37. The fourth-order valence-electron chi connectivity index (χ4n) is 2.39. The van der Waals surface area contributed by atoms with Gasteiger partial charge in [0.25, 0.3) is 5.91 Å². The first-order valence-corrected chi connectivity index (χ1v) is 7.63. The van der Waals surface area contributed by atoms with Crippen LogP contribution in [0.25, 0.3) is 0 Å². The van der Waals surface area contributed by atoms with Crippen molar-refractivity contribution in [2.45, 2.75) is 33.2 Å². The highest BCUT2D eigenvalue weighted by atomic mass is 16.3. The number of carbonyl (C=O) groups excluding carboxylic acids is 1. The Kier molecular flexibility index (Phi) is 5.72. The summed E-state index contributed by atoms with van der Waals surface area (Å²) in [6, 6.07) is 7.70. The molecule has 0 saturated carbocycles. The molecule has 2 aromatic rings. The van der Waals surface area contributed by atoms with Gasteiger partial charge >= 0.3 is 0 Å². The molecule has 0 spiro atoms. The van der Waals surface area contributed by atoms with Crippen LogP contribution in [-0.2, 0) is 13.0 Å². The first-order valence-electron chi connectivity index (χ1n) is 7.63. The topological polar surface area (TPSA) is 69.2 Å². The second-order valence-corrected chi connectivity index (χ2v) is 5.37. The van der Waals surface area contributed by atoms with Gasteiger partial charge in [-0.15, -0.1) is 0 Å². The third kappa shape index (κ3) is 3.95. The summed E-state index contributed by atoms with van der Waals surface area (Å²) in [6.45, 7) is 4.67. The summed E-state index contributed by atoms with van der Waals surface area (Å²) in [5, 5.41) is 9.22. The van der Waals surface area contributed by atoms with E-state index in [9.17, 15) is 9.90 Å². The standard InChI is InChI=1S/C17H23N3O2/c1-3-4-14-5-7-15(8-6-14)17(22)20(9-10-21)11-16-13(2)18-12-19-16/h5-8,12,21H,3-4,9-11H2,1-2H3,(H,18,19). The normalized spacial score (nSPS) is 10.7. The number of nitrogens with zero attached hydrogens (tertiary/aromatic N) is 2. The van der Waals surface area contributed by atoms with Crippen molar-refractivity contribution < 1.29 is 9.90 Å². The lowest BCUT2D eigenvalue weighted by Gasteiger charge is -2.21. The van der Waals surface area contributed by atoms with E-state index in [4.69, 9.17) is 0 Å². The fraction of sp³-hybridized carbons (Fsp3) is 0.412. The summed E-state index contributed by atoms with van der Waals surface area (Å²) in [5.74, 6) is -0.0838. The van der Waals surface area contributed by atoms with Crippen LogP contribution in [0.2, 0.25) is 0 Å². The van der Waals surface area contributed by atoms with Gasteiger partial charge in [-0.2, -0.15) is 0 Å². The number of rotatable bonds is 7. The van der Waals surface area contributed by atoms with Crippen LogP contribution in [0.1, 0.15) is 40.7 Å². The predicted molar refractivity (Wildman–Crippen MR) is 85.6 cm³/mol. The van der Waals surface area contributed by atoms with E-state index in [-0.39, 0.29) is 12.5 Å². The van der Waals surface area contributed by atoms with Crippen LogP contribution >= 0.6 is 0 Å². The van der Waals surface area contributed by atoms with E-state index in [0.29, 0.717) is 18.7 Å². The average Bonchev–Trinajstić information content (AvgIpc) is 2.92. The van der Waals surface area contributed by atoms with E-state index >= 15 is 0 Å². The summed E-state index contributed by atoms with van der Waals surface area (Å²) >= 11 is 0. The van der Waals surface area contributed by atoms with Crippen molar-refractivity contribution >= 4 is 5.91 Å². The Morgan fingerprint density at radius 2 is 2.05 bits per heavy atom. The number of hydrogen-bond donors (Lipinski definition) is 2. The Hall–Kier alpha value is -2.14. The van der Waals surface area contributed by atoms with Crippen LogP contribution in [0.3, 0.4) is 0 Å². The monoisotopic (exact) mass is 301 g/mol. The van der Waals surface area contributed by atoms with E-state index in [0.717, 1.165) is 24.2 Å². The molecule has 0 fully saturated rings. The van der Waals surface area contributed by atoms with E-state index in [1.54, 1.807) is 11.2 Å².